The average Bonchev–Trinajstić information content (AvgIpc) is 2.35. The minimum Gasteiger partial charge on any atom is -0.508 e. The Labute approximate surface area is 103 Å². The van der Waals surface area contributed by atoms with Gasteiger partial charge in [0.05, 0.1) is 0 Å². The van der Waals surface area contributed by atoms with Crippen LogP contribution in [0.1, 0.15) is 5.56 Å². The lowest BCUT2D eigenvalue weighted by molar-refractivity contribution is 0.130. The summed E-state index contributed by atoms with van der Waals surface area (Å²) in [4.78, 5) is 4.85. The van der Waals surface area contributed by atoms with Crippen LogP contribution >= 0.6 is 0 Å². The molecule has 1 aliphatic rings. The van der Waals surface area contributed by atoms with Crippen LogP contribution in [0.4, 0.5) is 0 Å². The molecule has 1 saturated heterocycles. The fourth-order valence-corrected chi connectivity index (χ4v) is 2.21. The summed E-state index contributed by atoms with van der Waals surface area (Å²) in [6.07, 6.45) is 0. The first-order valence-corrected chi connectivity index (χ1v) is 6.20. The Morgan fingerprint density at radius 2 is 1.59 bits per heavy atom. The highest BCUT2D eigenvalue weighted by atomic mass is 16.3. The molecule has 0 aliphatic carbocycles. The van der Waals surface area contributed by atoms with Crippen LogP contribution in [-0.4, -0.2) is 54.2 Å². The van der Waals surface area contributed by atoms with Crippen LogP contribution in [-0.2, 0) is 6.54 Å². The summed E-state index contributed by atoms with van der Waals surface area (Å²) in [6.45, 7) is 7.13. The number of nitrogens with two attached hydrogens (primary N) is 1. The molecule has 4 nitrogen and oxygen atoms in total. The van der Waals surface area contributed by atoms with Crippen molar-refractivity contribution in [1.29, 1.82) is 0 Å². The Bertz CT molecular complexity index is 331. The minimum absolute atomic E-state index is 0.335. The monoisotopic (exact) mass is 235 g/mol. The largest absolute Gasteiger partial charge is 0.508 e. The molecule has 94 valence electrons. The molecule has 2 rings (SSSR count). The lowest BCUT2D eigenvalue weighted by atomic mass is 10.2. The fraction of sp³-hybridized carbons (Fsp3) is 0.538. The number of phenols is 1. The lowest BCUT2D eigenvalue weighted by Gasteiger charge is -2.34. The first kappa shape index (κ1) is 12.4. The molecule has 0 bridgehead atoms. The molecule has 4 heteroatoms. The van der Waals surface area contributed by atoms with Crippen LogP contribution in [0.25, 0.3) is 0 Å². The Morgan fingerprint density at radius 3 is 2.18 bits per heavy atom. The van der Waals surface area contributed by atoms with Crippen molar-refractivity contribution >= 4 is 0 Å². The Hall–Kier alpha value is -1.10. The lowest BCUT2D eigenvalue weighted by Crippen LogP contribution is -2.47. The molecule has 0 aromatic heterocycles. The molecule has 1 heterocycles. The third kappa shape index (κ3) is 3.70. The second kappa shape index (κ2) is 6.00. The molecule has 1 aliphatic heterocycles. The predicted molar refractivity (Wildman–Crippen MR) is 68.9 cm³/mol. The standard InChI is InChI=1S/C13H21N3O/c14-5-6-15-7-9-16(10-8-15)11-12-1-3-13(17)4-2-12/h1-4,17H,5-11,14H2. The third-order valence-electron chi connectivity index (χ3n) is 3.25. The SMILES string of the molecule is NCCN1CCN(Cc2ccc(O)cc2)CC1. The van der Waals surface area contributed by atoms with Crippen molar-refractivity contribution in [3.8, 4) is 5.75 Å². The van der Waals surface area contributed by atoms with E-state index in [4.69, 9.17) is 5.73 Å². The molecule has 0 unspecified atom stereocenters. The van der Waals surface area contributed by atoms with E-state index in [1.54, 1.807) is 12.1 Å². The van der Waals surface area contributed by atoms with Gasteiger partial charge in [0.1, 0.15) is 5.75 Å². The number of rotatable bonds is 4. The van der Waals surface area contributed by atoms with Gasteiger partial charge in [0.15, 0.2) is 0 Å². The summed E-state index contributed by atoms with van der Waals surface area (Å²) < 4.78 is 0. The number of benzene rings is 1. The summed E-state index contributed by atoms with van der Waals surface area (Å²) in [5.74, 6) is 0.335. The highest BCUT2D eigenvalue weighted by Gasteiger charge is 2.15. The summed E-state index contributed by atoms with van der Waals surface area (Å²) >= 11 is 0. The van der Waals surface area contributed by atoms with Crippen molar-refractivity contribution in [2.45, 2.75) is 6.54 Å². The Balaban J connectivity index is 1.79. The van der Waals surface area contributed by atoms with Crippen molar-refractivity contribution < 1.29 is 5.11 Å². The van der Waals surface area contributed by atoms with E-state index in [9.17, 15) is 5.11 Å². The van der Waals surface area contributed by atoms with Crippen LogP contribution in [0.15, 0.2) is 24.3 Å². The van der Waals surface area contributed by atoms with E-state index in [0.29, 0.717) is 5.75 Å². The van der Waals surface area contributed by atoms with Crippen molar-refractivity contribution in [2.75, 3.05) is 39.3 Å². The molecule has 3 N–H and O–H groups in total. The van der Waals surface area contributed by atoms with Crippen LogP contribution in [0, 0.1) is 0 Å². The van der Waals surface area contributed by atoms with Gasteiger partial charge < -0.3 is 10.8 Å². The van der Waals surface area contributed by atoms with Crippen LogP contribution in [0.5, 0.6) is 5.75 Å². The van der Waals surface area contributed by atoms with E-state index in [1.165, 1.54) is 5.56 Å². The fourth-order valence-electron chi connectivity index (χ4n) is 2.21. The zero-order chi connectivity index (χ0) is 12.1. The molecular formula is C13H21N3O. The normalized spacial score (nSPS) is 18.4. The van der Waals surface area contributed by atoms with E-state index in [-0.39, 0.29) is 0 Å². The summed E-state index contributed by atoms with van der Waals surface area (Å²) in [7, 11) is 0. The molecule has 0 radical (unpaired) electrons. The average molecular weight is 235 g/mol. The van der Waals surface area contributed by atoms with Gasteiger partial charge in [-0.15, -0.1) is 0 Å². The van der Waals surface area contributed by atoms with Crippen molar-refractivity contribution in [1.82, 2.24) is 9.80 Å². The third-order valence-corrected chi connectivity index (χ3v) is 3.25. The number of hydrogen-bond acceptors (Lipinski definition) is 4. The summed E-state index contributed by atoms with van der Waals surface area (Å²) in [6, 6.07) is 7.48. The van der Waals surface area contributed by atoms with Gasteiger partial charge in [0, 0.05) is 45.8 Å². The summed E-state index contributed by atoms with van der Waals surface area (Å²) in [5, 5.41) is 9.22. The topological polar surface area (TPSA) is 52.7 Å². The molecule has 17 heavy (non-hydrogen) atoms. The van der Waals surface area contributed by atoms with Crippen molar-refractivity contribution in [2.24, 2.45) is 5.73 Å². The van der Waals surface area contributed by atoms with E-state index < -0.39 is 0 Å². The van der Waals surface area contributed by atoms with Gasteiger partial charge in [-0.25, -0.2) is 0 Å². The maximum absolute atomic E-state index is 9.22. The maximum atomic E-state index is 9.22. The quantitative estimate of drug-likeness (QED) is 0.796. The molecule has 1 fully saturated rings. The highest BCUT2D eigenvalue weighted by Crippen LogP contribution is 2.12. The van der Waals surface area contributed by atoms with Gasteiger partial charge in [-0.2, -0.15) is 0 Å². The first-order chi connectivity index (χ1) is 8.28. The van der Waals surface area contributed by atoms with Gasteiger partial charge in [-0.05, 0) is 17.7 Å². The molecule has 0 saturated carbocycles. The van der Waals surface area contributed by atoms with Crippen LogP contribution in [0.2, 0.25) is 0 Å². The molecule has 1 aromatic rings. The predicted octanol–water partition coefficient (Wildman–Crippen LogP) is 0.469. The number of hydrogen-bond donors (Lipinski definition) is 2. The minimum atomic E-state index is 0.335. The second-order valence-corrected chi connectivity index (χ2v) is 4.57. The molecule has 1 aromatic carbocycles. The maximum Gasteiger partial charge on any atom is 0.115 e. The number of phenolic OH excluding ortho intramolecular Hbond substituents is 1. The van der Waals surface area contributed by atoms with Gasteiger partial charge in [-0.1, -0.05) is 12.1 Å². The molecule has 0 spiro atoms. The van der Waals surface area contributed by atoms with Gasteiger partial charge >= 0.3 is 0 Å². The molecule has 0 atom stereocenters. The van der Waals surface area contributed by atoms with E-state index >= 15 is 0 Å². The van der Waals surface area contributed by atoms with Crippen LogP contribution < -0.4 is 5.73 Å². The number of aromatic hydroxyl groups is 1. The highest BCUT2D eigenvalue weighted by molar-refractivity contribution is 5.25. The Morgan fingerprint density at radius 1 is 1.00 bits per heavy atom. The Kier molecular flexibility index (Phi) is 4.36. The smallest absolute Gasteiger partial charge is 0.115 e. The van der Waals surface area contributed by atoms with E-state index in [0.717, 1.165) is 45.8 Å². The van der Waals surface area contributed by atoms with E-state index in [2.05, 4.69) is 9.80 Å². The van der Waals surface area contributed by atoms with Gasteiger partial charge in [-0.3, -0.25) is 9.80 Å². The van der Waals surface area contributed by atoms with Gasteiger partial charge in [0.2, 0.25) is 0 Å². The number of nitrogens with zero attached hydrogens (tertiary/aromatic N) is 2. The van der Waals surface area contributed by atoms with Gasteiger partial charge in [0.25, 0.3) is 0 Å². The summed E-state index contributed by atoms with van der Waals surface area (Å²) in [5.41, 5.74) is 6.81. The molecule has 0 amide bonds. The number of piperazine rings is 1. The zero-order valence-corrected chi connectivity index (χ0v) is 10.2. The first-order valence-electron chi connectivity index (χ1n) is 6.20. The zero-order valence-electron chi connectivity index (χ0n) is 10.2. The van der Waals surface area contributed by atoms with Crippen LogP contribution in [0.3, 0.4) is 0 Å². The second-order valence-electron chi connectivity index (χ2n) is 4.57. The molecular weight excluding hydrogens is 214 g/mol. The van der Waals surface area contributed by atoms with Crippen molar-refractivity contribution in [3.63, 3.8) is 0 Å². The van der Waals surface area contributed by atoms with E-state index in [1.807, 2.05) is 12.1 Å². The van der Waals surface area contributed by atoms with Crippen molar-refractivity contribution in [3.05, 3.63) is 29.8 Å².